The highest BCUT2D eigenvalue weighted by molar-refractivity contribution is 6.30. The molecule has 0 aliphatic carbocycles. The molecule has 2 aromatic carbocycles. The highest BCUT2D eigenvalue weighted by Crippen LogP contribution is 2.29. The Hall–Kier alpha value is -4.37. The molecular formula is C25H22ClN7O2. The van der Waals surface area contributed by atoms with Crippen LogP contribution in [0.2, 0.25) is 5.02 Å². The molecule has 5 aromatic rings. The lowest BCUT2D eigenvalue weighted by molar-refractivity contribution is -0.107. The number of benzene rings is 2. The summed E-state index contributed by atoms with van der Waals surface area (Å²) < 4.78 is 8.04. The number of aromatic amines is 1. The Labute approximate surface area is 206 Å². The van der Waals surface area contributed by atoms with Crippen LogP contribution in [-0.2, 0) is 18.3 Å². The van der Waals surface area contributed by atoms with E-state index in [-0.39, 0.29) is 0 Å². The molecule has 0 aliphatic heterocycles. The average Bonchev–Trinajstić information content (AvgIpc) is 3.49. The Morgan fingerprint density at radius 2 is 1.97 bits per heavy atom. The van der Waals surface area contributed by atoms with E-state index in [1.165, 1.54) is 4.90 Å². The number of carbonyl (C=O) groups is 1. The van der Waals surface area contributed by atoms with Crippen molar-refractivity contribution >= 4 is 46.5 Å². The van der Waals surface area contributed by atoms with Crippen molar-refractivity contribution in [3.05, 3.63) is 84.0 Å². The minimum absolute atomic E-state index is 0.464. The third-order valence-electron chi connectivity index (χ3n) is 5.50. The van der Waals surface area contributed by atoms with Crippen molar-refractivity contribution < 1.29 is 9.53 Å². The first-order valence-corrected chi connectivity index (χ1v) is 11.3. The summed E-state index contributed by atoms with van der Waals surface area (Å²) >= 11 is 5.98. The highest BCUT2D eigenvalue weighted by atomic mass is 35.5. The van der Waals surface area contributed by atoms with Crippen molar-refractivity contribution in [2.75, 3.05) is 16.8 Å². The number of nitrogens with zero attached hydrogens (tertiary/aromatic N) is 5. The number of imidazole rings is 2. The van der Waals surface area contributed by atoms with Crippen LogP contribution >= 0.6 is 11.6 Å². The molecule has 3 aromatic heterocycles. The van der Waals surface area contributed by atoms with E-state index in [2.05, 4.69) is 20.3 Å². The predicted octanol–water partition coefficient (Wildman–Crippen LogP) is 5.09. The highest BCUT2D eigenvalue weighted by Gasteiger charge is 2.12. The third kappa shape index (κ3) is 5.10. The van der Waals surface area contributed by atoms with E-state index >= 15 is 0 Å². The number of ether oxygens (including phenoxy) is 1. The van der Waals surface area contributed by atoms with Crippen LogP contribution in [0.25, 0.3) is 11.0 Å². The molecule has 10 heteroatoms. The van der Waals surface area contributed by atoms with Crippen LogP contribution in [0.4, 0.5) is 17.5 Å². The van der Waals surface area contributed by atoms with Crippen LogP contribution in [0.5, 0.6) is 11.5 Å². The molecule has 0 saturated carbocycles. The molecule has 2 N–H and O–H groups in total. The zero-order valence-corrected chi connectivity index (χ0v) is 19.6. The number of nitrogens with one attached hydrogen (secondary N) is 2. The monoisotopic (exact) mass is 487 g/mol. The number of hydrogen-bond acceptors (Lipinski definition) is 6. The molecule has 176 valence electrons. The van der Waals surface area contributed by atoms with Gasteiger partial charge in [-0.05, 0) is 42.5 Å². The number of H-pyrrole nitrogens is 1. The molecule has 0 saturated heterocycles. The largest absolute Gasteiger partial charge is 0.457 e. The first-order valence-electron chi connectivity index (χ1n) is 10.9. The van der Waals surface area contributed by atoms with Crippen molar-refractivity contribution in [3.63, 3.8) is 0 Å². The van der Waals surface area contributed by atoms with Crippen molar-refractivity contribution in [1.82, 2.24) is 24.5 Å². The molecule has 0 spiro atoms. The van der Waals surface area contributed by atoms with Gasteiger partial charge in [-0.3, -0.25) is 9.69 Å². The normalized spacial score (nSPS) is 10.9. The van der Waals surface area contributed by atoms with Gasteiger partial charge in [-0.1, -0.05) is 11.6 Å². The second-order valence-corrected chi connectivity index (χ2v) is 8.29. The van der Waals surface area contributed by atoms with E-state index in [9.17, 15) is 4.79 Å². The number of pyridine rings is 1. The Morgan fingerprint density at radius 3 is 2.74 bits per heavy atom. The maximum Gasteiger partial charge on any atom is 0.215 e. The molecule has 1 amide bonds. The standard InChI is InChI=1S/C25H22ClN7O2/c1-32-23-7-6-20(12-22(23)31-25(32)30-18-4-2-17(26)3-5-18)35-21-8-10-28-24(13-21)33(16-34)11-9-19-14-27-15-29-19/h2-8,10,12-16H,9,11H2,1H3,(H,27,29)(H,30,31). The van der Waals surface area contributed by atoms with Gasteiger partial charge >= 0.3 is 0 Å². The maximum absolute atomic E-state index is 11.7. The van der Waals surface area contributed by atoms with E-state index in [0.29, 0.717) is 41.3 Å². The average molecular weight is 488 g/mol. The zero-order chi connectivity index (χ0) is 24.2. The van der Waals surface area contributed by atoms with E-state index in [4.69, 9.17) is 21.3 Å². The first-order chi connectivity index (χ1) is 17.1. The number of hydrogen-bond donors (Lipinski definition) is 2. The minimum atomic E-state index is 0.464. The Bertz CT molecular complexity index is 1450. The van der Waals surface area contributed by atoms with E-state index in [1.807, 2.05) is 54.1 Å². The Morgan fingerprint density at radius 1 is 1.14 bits per heavy atom. The Balaban J connectivity index is 1.32. The lowest BCUT2D eigenvalue weighted by atomic mass is 10.3. The van der Waals surface area contributed by atoms with Gasteiger partial charge in [0.2, 0.25) is 12.4 Å². The summed E-state index contributed by atoms with van der Waals surface area (Å²) in [5.74, 6) is 2.40. The second kappa shape index (κ2) is 9.86. The van der Waals surface area contributed by atoms with Crippen molar-refractivity contribution in [1.29, 1.82) is 0 Å². The molecule has 0 aliphatic rings. The number of aromatic nitrogens is 5. The summed E-state index contributed by atoms with van der Waals surface area (Å²) in [5, 5.41) is 3.98. The molecule has 3 heterocycles. The van der Waals surface area contributed by atoms with Crippen LogP contribution in [0.15, 0.2) is 73.3 Å². The van der Waals surface area contributed by atoms with Crippen molar-refractivity contribution in [2.24, 2.45) is 7.05 Å². The number of carbonyl (C=O) groups excluding carboxylic acids is 1. The molecule has 0 atom stereocenters. The fraction of sp³-hybridized carbons (Fsp3) is 0.120. The summed E-state index contributed by atoms with van der Waals surface area (Å²) in [6, 6.07) is 16.6. The number of fused-ring (bicyclic) bond motifs is 1. The lowest BCUT2D eigenvalue weighted by Gasteiger charge is -2.16. The minimum Gasteiger partial charge on any atom is -0.457 e. The summed E-state index contributed by atoms with van der Waals surface area (Å²) in [7, 11) is 1.94. The van der Waals surface area contributed by atoms with Crippen LogP contribution in [0.1, 0.15) is 5.69 Å². The fourth-order valence-corrected chi connectivity index (χ4v) is 3.78. The summed E-state index contributed by atoms with van der Waals surface area (Å²) in [6.45, 7) is 0.464. The second-order valence-electron chi connectivity index (χ2n) is 7.85. The number of rotatable bonds is 9. The molecule has 0 bridgehead atoms. The van der Waals surface area contributed by atoms with Gasteiger partial charge in [0.15, 0.2) is 0 Å². The smallest absolute Gasteiger partial charge is 0.215 e. The van der Waals surface area contributed by atoms with Crippen LogP contribution < -0.4 is 15.0 Å². The zero-order valence-electron chi connectivity index (χ0n) is 18.9. The quantitative estimate of drug-likeness (QED) is 0.281. The van der Waals surface area contributed by atoms with E-state index < -0.39 is 0 Å². The maximum atomic E-state index is 11.7. The SMILES string of the molecule is Cn1c(Nc2ccc(Cl)cc2)nc2cc(Oc3ccnc(N(C=O)CCc4cnc[nH]4)c3)ccc21. The summed E-state index contributed by atoms with van der Waals surface area (Å²) in [6.07, 6.45) is 6.36. The van der Waals surface area contributed by atoms with Gasteiger partial charge in [-0.15, -0.1) is 0 Å². The van der Waals surface area contributed by atoms with Gasteiger partial charge in [0.1, 0.15) is 17.3 Å². The number of amides is 1. The number of halogens is 1. The van der Waals surface area contributed by atoms with Gasteiger partial charge in [0.25, 0.3) is 0 Å². The topological polar surface area (TPSA) is 101 Å². The molecule has 5 rings (SSSR count). The van der Waals surface area contributed by atoms with E-state index in [1.54, 1.807) is 30.9 Å². The predicted molar refractivity (Wildman–Crippen MR) is 135 cm³/mol. The van der Waals surface area contributed by atoms with Crippen LogP contribution in [0.3, 0.4) is 0 Å². The van der Waals surface area contributed by atoms with Crippen molar-refractivity contribution in [3.8, 4) is 11.5 Å². The summed E-state index contributed by atoms with van der Waals surface area (Å²) in [4.78, 5) is 29.2. The summed E-state index contributed by atoms with van der Waals surface area (Å²) in [5.41, 5.74) is 3.57. The van der Waals surface area contributed by atoms with Gasteiger partial charge in [0, 0.05) is 60.9 Å². The number of anilines is 3. The van der Waals surface area contributed by atoms with Crippen LogP contribution in [0, 0.1) is 0 Å². The van der Waals surface area contributed by atoms with Gasteiger partial charge in [-0.25, -0.2) is 15.0 Å². The third-order valence-corrected chi connectivity index (χ3v) is 5.76. The molecule has 0 unspecified atom stereocenters. The molecule has 0 radical (unpaired) electrons. The molecule has 0 fully saturated rings. The van der Waals surface area contributed by atoms with E-state index in [0.717, 1.165) is 28.8 Å². The molecule has 9 nitrogen and oxygen atoms in total. The van der Waals surface area contributed by atoms with Crippen LogP contribution in [-0.4, -0.2) is 37.5 Å². The first kappa shape index (κ1) is 22.4. The molecular weight excluding hydrogens is 466 g/mol. The lowest BCUT2D eigenvalue weighted by Crippen LogP contribution is -2.24. The molecule has 35 heavy (non-hydrogen) atoms. The van der Waals surface area contributed by atoms with Gasteiger partial charge in [0.05, 0.1) is 17.4 Å². The van der Waals surface area contributed by atoms with Gasteiger partial charge < -0.3 is 19.6 Å². The Kier molecular flexibility index (Phi) is 6.32. The fourth-order valence-electron chi connectivity index (χ4n) is 3.66. The number of aryl methyl sites for hydroxylation is 1. The van der Waals surface area contributed by atoms with Gasteiger partial charge in [-0.2, -0.15) is 0 Å². The van der Waals surface area contributed by atoms with Crippen molar-refractivity contribution in [2.45, 2.75) is 6.42 Å².